The highest BCUT2D eigenvalue weighted by atomic mass is 127. The Morgan fingerprint density at radius 2 is 2.32 bits per heavy atom. The summed E-state index contributed by atoms with van der Waals surface area (Å²) < 4.78 is 19.3. The summed E-state index contributed by atoms with van der Waals surface area (Å²) in [6.07, 6.45) is 3.38. The van der Waals surface area contributed by atoms with E-state index in [1.54, 1.807) is 11.9 Å². The van der Waals surface area contributed by atoms with Crippen LogP contribution >= 0.6 is 22.6 Å². The molecule has 5 heteroatoms. The molecule has 0 saturated carbocycles. The lowest BCUT2D eigenvalue weighted by Gasteiger charge is -2.27. The average molecular weight is 377 g/mol. The highest BCUT2D eigenvalue weighted by Crippen LogP contribution is 2.18. The van der Waals surface area contributed by atoms with Crippen molar-refractivity contribution in [1.82, 2.24) is 4.90 Å². The van der Waals surface area contributed by atoms with Crippen LogP contribution in [0.2, 0.25) is 0 Å². The van der Waals surface area contributed by atoms with Gasteiger partial charge in [0, 0.05) is 23.8 Å². The third-order valence-corrected chi connectivity index (χ3v) is 4.15. The normalized spacial score (nSPS) is 19.2. The van der Waals surface area contributed by atoms with Crippen LogP contribution in [0.4, 0.5) is 4.39 Å². The Balaban J connectivity index is 2.01. The van der Waals surface area contributed by atoms with Crippen LogP contribution in [0.3, 0.4) is 0 Å². The first-order valence-corrected chi connectivity index (χ1v) is 7.48. The number of rotatable bonds is 3. The molecule has 1 heterocycles. The monoisotopic (exact) mass is 377 g/mol. The minimum atomic E-state index is -0.320. The quantitative estimate of drug-likeness (QED) is 0.758. The molecule has 1 saturated heterocycles. The lowest BCUT2D eigenvalue weighted by atomic mass is 10.1. The zero-order chi connectivity index (χ0) is 13.8. The number of halogens is 2. The van der Waals surface area contributed by atoms with Crippen LogP contribution < -0.4 is 0 Å². The van der Waals surface area contributed by atoms with Gasteiger partial charge in [0.15, 0.2) is 0 Å². The van der Waals surface area contributed by atoms with E-state index < -0.39 is 0 Å². The van der Waals surface area contributed by atoms with E-state index in [1.807, 2.05) is 22.6 Å². The smallest absolute Gasteiger partial charge is 0.254 e. The Hall–Kier alpha value is -0.690. The summed E-state index contributed by atoms with van der Waals surface area (Å²) in [5, 5.41) is 0. The molecule has 104 valence electrons. The maximum atomic E-state index is 13.0. The van der Waals surface area contributed by atoms with E-state index in [1.165, 1.54) is 18.2 Å². The minimum absolute atomic E-state index is 0.0847. The van der Waals surface area contributed by atoms with Crippen LogP contribution in [0.25, 0.3) is 0 Å². The van der Waals surface area contributed by atoms with Crippen molar-refractivity contribution in [2.75, 3.05) is 20.2 Å². The minimum Gasteiger partial charge on any atom is -0.376 e. The van der Waals surface area contributed by atoms with Crippen molar-refractivity contribution in [3.63, 3.8) is 0 Å². The number of hydrogen-bond donors (Lipinski definition) is 0. The number of amides is 1. The molecule has 1 atom stereocenters. The highest BCUT2D eigenvalue weighted by Gasteiger charge is 2.21. The predicted octanol–water partition coefficient (Wildman–Crippen LogP) is 3.07. The summed E-state index contributed by atoms with van der Waals surface area (Å²) in [7, 11) is 1.76. The molecule has 1 aromatic rings. The summed E-state index contributed by atoms with van der Waals surface area (Å²) in [5.41, 5.74) is 0.542. The van der Waals surface area contributed by atoms with Gasteiger partial charge in [-0.1, -0.05) is 0 Å². The Labute approximate surface area is 126 Å². The maximum Gasteiger partial charge on any atom is 0.254 e. The SMILES string of the molecule is CN(CC1CCCCO1)C(=O)c1ccc(F)cc1I. The number of likely N-dealkylation sites (N-methyl/N-ethyl adjacent to an activating group) is 1. The van der Waals surface area contributed by atoms with Gasteiger partial charge in [0.25, 0.3) is 5.91 Å². The van der Waals surface area contributed by atoms with Gasteiger partial charge in [-0.2, -0.15) is 0 Å². The molecule has 0 spiro atoms. The summed E-state index contributed by atoms with van der Waals surface area (Å²) in [5.74, 6) is -0.405. The molecule has 1 unspecified atom stereocenters. The second-order valence-corrected chi connectivity index (χ2v) is 5.96. The fourth-order valence-corrected chi connectivity index (χ4v) is 2.92. The molecule has 0 aliphatic carbocycles. The Bertz CT molecular complexity index is 461. The summed E-state index contributed by atoms with van der Waals surface area (Å²) in [6, 6.07) is 4.23. The van der Waals surface area contributed by atoms with Crippen LogP contribution in [0.15, 0.2) is 18.2 Å². The van der Waals surface area contributed by atoms with Crippen LogP contribution in [0.5, 0.6) is 0 Å². The fraction of sp³-hybridized carbons (Fsp3) is 0.500. The van der Waals surface area contributed by atoms with Gasteiger partial charge in [-0.05, 0) is 60.1 Å². The second-order valence-electron chi connectivity index (χ2n) is 4.80. The van der Waals surface area contributed by atoms with Crippen molar-refractivity contribution in [1.29, 1.82) is 0 Å². The van der Waals surface area contributed by atoms with Crippen LogP contribution in [0.1, 0.15) is 29.6 Å². The van der Waals surface area contributed by atoms with Crippen LogP contribution in [-0.4, -0.2) is 37.1 Å². The molecule has 19 heavy (non-hydrogen) atoms. The Morgan fingerprint density at radius 1 is 1.53 bits per heavy atom. The lowest BCUT2D eigenvalue weighted by molar-refractivity contribution is -0.000208. The number of nitrogens with zero attached hydrogens (tertiary/aromatic N) is 1. The molecule has 0 bridgehead atoms. The third kappa shape index (κ3) is 3.89. The zero-order valence-electron chi connectivity index (χ0n) is 10.9. The predicted molar refractivity (Wildman–Crippen MR) is 79.7 cm³/mol. The van der Waals surface area contributed by atoms with Gasteiger partial charge < -0.3 is 9.64 Å². The fourth-order valence-electron chi connectivity index (χ4n) is 2.21. The van der Waals surface area contributed by atoms with Crippen molar-refractivity contribution >= 4 is 28.5 Å². The first-order valence-electron chi connectivity index (χ1n) is 6.40. The molecular formula is C14H17FINO2. The first-order chi connectivity index (χ1) is 9.08. The van der Waals surface area contributed by atoms with Gasteiger partial charge in [0.2, 0.25) is 0 Å². The number of benzene rings is 1. The van der Waals surface area contributed by atoms with Crippen molar-refractivity contribution in [2.24, 2.45) is 0 Å². The first kappa shape index (κ1) is 14.7. The van der Waals surface area contributed by atoms with E-state index >= 15 is 0 Å². The molecular weight excluding hydrogens is 360 g/mol. The van der Waals surface area contributed by atoms with E-state index in [0.717, 1.165) is 25.9 Å². The lowest BCUT2D eigenvalue weighted by Crippen LogP contribution is -2.37. The van der Waals surface area contributed by atoms with Gasteiger partial charge in [-0.15, -0.1) is 0 Å². The van der Waals surface area contributed by atoms with Gasteiger partial charge >= 0.3 is 0 Å². The largest absolute Gasteiger partial charge is 0.376 e. The summed E-state index contributed by atoms with van der Waals surface area (Å²) >= 11 is 1.99. The summed E-state index contributed by atoms with van der Waals surface area (Å²) in [4.78, 5) is 14.0. The Morgan fingerprint density at radius 3 is 2.95 bits per heavy atom. The molecule has 1 aliphatic heterocycles. The van der Waals surface area contributed by atoms with Gasteiger partial charge in [0.05, 0.1) is 11.7 Å². The van der Waals surface area contributed by atoms with Crippen molar-refractivity contribution in [2.45, 2.75) is 25.4 Å². The molecule has 1 fully saturated rings. The number of ether oxygens (including phenoxy) is 1. The van der Waals surface area contributed by atoms with E-state index in [0.29, 0.717) is 15.7 Å². The van der Waals surface area contributed by atoms with Crippen LogP contribution in [-0.2, 0) is 4.74 Å². The standard InChI is InChI=1S/C14H17FINO2/c1-17(9-11-4-2-3-7-19-11)14(18)12-6-5-10(15)8-13(12)16/h5-6,8,11H,2-4,7,9H2,1H3. The van der Waals surface area contributed by atoms with Gasteiger partial charge in [-0.3, -0.25) is 4.79 Å². The number of hydrogen-bond acceptors (Lipinski definition) is 2. The van der Waals surface area contributed by atoms with Gasteiger partial charge in [0.1, 0.15) is 5.82 Å². The highest BCUT2D eigenvalue weighted by molar-refractivity contribution is 14.1. The second kappa shape index (κ2) is 6.65. The number of carbonyl (C=O) groups is 1. The van der Waals surface area contributed by atoms with Gasteiger partial charge in [-0.25, -0.2) is 4.39 Å². The molecule has 1 aliphatic rings. The third-order valence-electron chi connectivity index (χ3n) is 3.26. The Kier molecular flexibility index (Phi) is 5.15. The van der Waals surface area contributed by atoms with E-state index in [2.05, 4.69) is 0 Å². The molecule has 1 amide bonds. The van der Waals surface area contributed by atoms with E-state index in [9.17, 15) is 9.18 Å². The molecule has 2 rings (SSSR count). The van der Waals surface area contributed by atoms with Crippen molar-refractivity contribution < 1.29 is 13.9 Å². The van der Waals surface area contributed by atoms with E-state index in [-0.39, 0.29) is 17.8 Å². The van der Waals surface area contributed by atoms with Crippen molar-refractivity contribution in [3.05, 3.63) is 33.1 Å². The average Bonchev–Trinajstić information content (AvgIpc) is 2.39. The summed E-state index contributed by atoms with van der Waals surface area (Å²) in [6.45, 7) is 1.37. The molecule has 0 radical (unpaired) electrons. The molecule has 0 N–H and O–H groups in total. The number of carbonyl (C=O) groups excluding carboxylic acids is 1. The van der Waals surface area contributed by atoms with Crippen LogP contribution in [0, 0.1) is 9.39 Å². The molecule has 1 aromatic carbocycles. The molecule has 3 nitrogen and oxygen atoms in total. The molecule has 0 aromatic heterocycles. The van der Waals surface area contributed by atoms with E-state index in [4.69, 9.17) is 4.74 Å². The van der Waals surface area contributed by atoms with Crippen molar-refractivity contribution in [3.8, 4) is 0 Å². The maximum absolute atomic E-state index is 13.0. The zero-order valence-corrected chi connectivity index (χ0v) is 13.0. The topological polar surface area (TPSA) is 29.5 Å².